The molecule has 4 fully saturated rings. The molecule has 292 valence electrons. The molecule has 2 saturated carbocycles. The largest absolute Gasteiger partial charge is 0.493 e. The predicted octanol–water partition coefficient (Wildman–Crippen LogP) is 7.88. The average Bonchev–Trinajstić information content (AvgIpc) is 3.69. The lowest BCUT2D eigenvalue weighted by molar-refractivity contribution is -0.0461. The molecule has 4 N–H and O–H groups in total. The van der Waals surface area contributed by atoms with Gasteiger partial charge in [0.2, 0.25) is 0 Å². The maximum atomic E-state index is 11.9. The Morgan fingerprint density at radius 2 is 1.13 bits per heavy atom. The van der Waals surface area contributed by atoms with Crippen molar-refractivity contribution in [1.29, 1.82) is 0 Å². The Bertz CT molecular complexity index is 1270. The first kappa shape index (κ1) is 41.0. The van der Waals surface area contributed by atoms with E-state index in [2.05, 4.69) is 22.8 Å². The third-order valence-electron chi connectivity index (χ3n) is 12.3. The summed E-state index contributed by atoms with van der Waals surface area (Å²) in [5, 5.41) is 30.7. The van der Waals surface area contributed by atoms with Gasteiger partial charge in [-0.05, 0) is 134 Å². The summed E-state index contributed by atoms with van der Waals surface area (Å²) in [6.07, 6.45) is 18.7. The van der Waals surface area contributed by atoms with Crippen LogP contribution in [0.3, 0.4) is 0 Å². The molecule has 0 radical (unpaired) electrons. The van der Waals surface area contributed by atoms with Gasteiger partial charge in [-0.2, -0.15) is 0 Å². The van der Waals surface area contributed by atoms with Crippen LogP contribution in [0.25, 0.3) is 0 Å². The first-order valence-corrected chi connectivity index (χ1v) is 20.8. The summed E-state index contributed by atoms with van der Waals surface area (Å²) in [5.74, 6) is 2.91. The molecule has 0 bridgehead atoms. The highest BCUT2D eigenvalue weighted by atomic mass is 16.5. The fraction of sp³-hybridized carbons (Fsp3) is 0.727. The van der Waals surface area contributed by atoms with E-state index >= 15 is 0 Å². The first-order valence-electron chi connectivity index (χ1n) is 20.8. The third kappa shape index (κ3) is 11.4. The van der Waals surface area contributed by atoms with Crippen molar-refractivity contribution in [2.75, 3.05) is 60.2 Å². The molecule has 0 aromatic heterocycles. The number of piperidine rings is 2. The van der Waals surface area contributed by atoms with Gasteiger partial charge in [0.25, 0.3) is 0 Å². The van der Waals surface area contributed by atoms with Gasteiger partial charge in [-0.25, -0.2) is 0 Å². The molecular weight excluding hydrogens is 652 g/mol. The molecule has 4 aliphatic rings. The van der Waals surface area contributed by atoms with Crippen LogP contribution >= 0.6 is 0 Å². The Balaban J connectivity index is 0.000000201. The van der Waals surface area contributed by atoms with Crippen molar-refractivity contribution in [3.63, 3.8) is 0 Å². The molecule has 8 heteroatoms. The lowest BCUT2D eigenvalue weighted by atomic mass is 9.74. The molecule has 8 nitrogen and oxygen atoms in total. The fourth-order valence-electron chi connectivity index (χ4n) is 8.85. The maximum absolute atomic E-state index is 11.9. The molecule has 2 aliphatic carbocycles. The standard InChI is InChI=1S/2C22H35NO3/c1-25-15-5-4-13-22(24,19-10-7-14-23-16-19)20-11-2-3-12-21(20)26-17-18-8-6-9-18;1-25-16-7-6-14-22(24,18-9-8-15-23-17-18)20-12-4-5-13-21(20)26-19-10-2-3-11-19/h2-3,11-12,18-19,23-24H,4-10,13-17H2,1H3;4-5,12-13,18-19,23-24H,2-3,6-11,14-17H2,1H3/t19-,22?;18-,22?/m11/s1. The molecule has 2 saturated heterocycles. The number of hydrogen-bond acceptors (Lipinski definition) is 8. The molecule has 6 rings (SSSR count). The van der Waals surface area contributed by atoms with Crippen LogP contribution in [0.1, 0.15) is 120 Å². The van der Waals surface area contributed by atoms with E-state index in [9.17, 15) is 10.2 Å². The van der Waals surface area contributed by atoms with Crippen molar-refractivity contribution in [2.24, 2.45) is 17.8 Å². The van der Waals surface area contributed by atoms with Crippen LogP contribution < -0.4 is 20.1 Å². The van der Waals surface area contributed by atoms with Crippen molar-refractivity contribution in [2.45, 2.75) is 126 Å². The smallest absolute Gasteiger partial charge is 0.125 e. The van der Waals surface area contributed by atoms with E-state index < -0.39 is 11.2 Å². The highest BCUT2D eigenvalue weighted by Crippen LogP contribution is 2.44. The van der Waals surface area contributed by atoms with Gasteiger partial charge in [0.1, 0.15) is 11.5 Å². The number of hydrogen-bond donors (Lipinski definition) is 4. The second-order valence-corrected chi connectivity index (χ2v) is 16.0. The van der Waals surface area contributed by atoms with Crippen LogP contribution in [-0.4, -0.2) is 76.5 Å². The maximum Gasteiger partial charge on any atom is 0.125 e. The Kier molecular flexibility index (Phi) is 17.0. The number of methoxy groups -OCH3 is 2. The lowest BCUT2D eigenvalue weighted by Gasteiger charge is -2.40. The van der Waals surface area contributed by atoms with Crippen LogP contribution in [0.15, 0.2) is 48.5 Å². The number of unbranched alkanes of at least 4 members (excludes halogenated alkanes) is 2. The first-order chi connectivity index (χ1) is 25.5. The third-order valence-corrected chi connectivity index (χ3v) is 12.3. The van der Waals surface area contributed by atoms with Gasteiger partial charge < -0.3 is 39.8 Å². The summed E-state index contributed by atoms with van der Waals surface area (Å²) in [4.78, 5) is 0. The number of nitrogens with one attached hydrogen (secondary N) is 2. The monoisotopic (exact) mass is 723 g/mol. The summed E-state index contributed by atoms with van der Waals surface area (Å²) in [5.41, 5.74) is 0.289. The minimum atomic E-state index is -0.837. The average molecular weight is 723 g/mol. The topological polar surface area (TPSA) is 101 Å². The van der Waals surface area contributed by atoms with E-state index in [-0.39, 0.29) is 11.8 Å². The van der Waals surface area contributed by atoms with E-state index in [1.54, 1.807) is 14.2 Å². The Hall–Kier alpha value is -2.20. The second kappa shape index (κ2) is 21.6. The number of para-hydroxylation sites is 2. The van der Waals surface area contributed by atoms with Gasteiger partial charge in [-0.15, -0.1) is 0 Å². The fourth-order valence-corrected chi connectivity index (χ4v) is 8.85. The SMILES string of the molecule is COCCCCC(O)(c1ccccc1OC1CCCC1)[C@@H]1CCCNC1.COCCCCC(O)(c1ccccc1OCC1CCC1)[C@@H]1CCCNC1. The minimum Gasteiger partial charge on any atom is -0.493 e. The van der Waals surface area contributed by atoms with Gasteiger partial charge in [0.05, 0.1) is 23.9 Å². The Morgan fingerprint density at radius 1 is 0.615 bits per heavy atom. The van der Waals surface area contributed by atoms with Gasteiger partial charge in [-0.1, -0.05) is 42.8 Å². The molecule has 4 atom stereocenters. The molecule has 52 heavy (non-hydrogen) atoms. The van der Waals surface area contributed by atoms with Crippen LogP contribution in [0.4, 0.5) is 0 Å². The van der Waals surface area contributed by atoms with Crippen molar-refractivity contribution >= 4 is 0 Å². The molecule has 2 aromatic rings. The molecule has 2 heterocycles. The summed E-state index contributed by atoms with van der Waals surface area (Å²) in [6.45, 7) is 6.13. The number of ether oxygens (including phenoxy) is 4. The highest BCUT2D eigenvalue weighted by molar-refractivity contribution is 5.40. The van der Waals surface area contributed by atoms with Gasteiger partial charge in [0, 0.05) is 63.5 Å². The number of benzene rings is 2. The Labute approximate surface area is 314 Å². The minimum absolute atomic E-state index is 0.229. The van der Waals surface area contributed by atoms with Crippen LogP contribution in [0.2, 0.25) is 0 Å². The zero-order chi connectivity index (χ0) is 36.5. The summed E-state index contributed by atoms with van der Waals surface area (Å²) in [7, 11) is 3.48. The van der Waals surface area contributed by atoms with Crippen molar-refractivity contribution in [3.05, 3.63) is 59.7 Å². The van der Waals surface area contributed by atoms with Crippen LogP contribution in [0, 0.1) is 17.8 Å². The van der Waals surface area contributed by atoms with Gasteiger partial charge >= 0.3 is 0 Å². The van der Waals surface area contributed by atoms with Gasteiger partial charge in [0.15, 0.2) is 0 Å². The molecule has 2 unspecified atom stereocenters. The molecule has 2 aliphatic heterocycles. The molecular formula is C44H70N2O6. The van der Waals surface area contributed by atoms with Crippen LogP contribution in [0.5, 0.6) is 11.5 Å². The van der Waals surface area contributed by atoms with E-state index in [0.717, 1.165) is 146 Å². The summed E-state index contributed by atoms with van der Waals surface area (Å²) >= 11 is 0. The molecule has 2 aromatic carbocycles. The van der Waals surface area contributed by atoms with Crippen molar-refractivity contribution in [1.82, 2.24) is 10.6 Å². The van der Waals surface area contributed by atoms with Gasteiger partial charge in [-0.3, -0.25) is 0 Å². The summed E-state index contributed by atoms with van der Waals surface area (Å²) in [6, 6.07) is 16.3. The predicted molar refractivity (Wildman–Crippen MR) is 209 cm³/mol. The van der Waals surface area contributed by atoms with Crippen LogP contribution in [-0.2, 0) is 20.7 Å². The zero-order valence-electron chi connectivity index (χ0n) is 32.4. The second-order valence-electron chi connectivity index (χ2n) is 16.0. The van der Waals surface area contributed by atoms with E-state index in [1.165, 1.54) is 32.1 Å². The zero-order valence-corrected chi connectivity index (χ0v) is 32.4. The number of aliphatic hydroxyl groups is 2. The molecule has 0 spiro atoms. The van der Waals surface area contributed by atoms with E-state index in [1.807, 2.05) is 36.4 Å². The van der Waals surface area contributed by atoms with Crippen molar-refractivity contribution < 1.29 is 29.2 Å². The quantitative estimate of drug-likeness (QED) is 0.109. The lowest BCUT2D eigenvalue weighted by Crippen LogP contribution is -2.44. The highest BCUT2D eigenvalue weighted by Gasteiger charge is 2.42. The van der Waals surface area contributed by atoms with E-state index in [0.29, 0.717) is 12.0 Å². The van der Waals surface area contributed by atoms with Crippen molar-refractivity contribution in [3.8, 4) is 11.5 Å². The number of rotatable bonds is 19. The molecule has 0 amide bonds. The summed E-state index contributed by atoms with van der Waals surface area (Å²) < 4.78 is 23.0. The van der Waals surface area contributed by atoms with E-state index in [4.69, 9.17) is 18.9 Å². The Morgan fingerprint density at radius 3 is 1.62 bits per heavy atom. The normalized spacial score (nSPS) is 23.5.